The zero-order valence-corrected chi connectivity index (χ0v) is 13.0. The lowest BCUT2D eigenvalue weighted by Crippen LogP contribution is -2.53. The van der Waals surface area contributed by atoms with Gasteiger partial charge in [-0.2, -0.15) is 17.0 Å². The molecule has 2 rings (SSSR count). The molecule has 0 radical (unpaired) electrons. The SMILES string of the molecule is CCNCC1CCCCN1S(=O)(=O)N1CCC(C)C1. The van der Waals surface area contributed by atoms with Crippen LogP contribution in [0.25, 0.3) is 0 Å². The molecule has 0 aromatic carbocycles. The second kappa shape index (κ2) is 6.52. The van der Waals surface area contributed by atoms with E-state index in [9.17, 15) is 8.42 Å². The summed E-state index contributed by atoms with van der Waals surface area (Å²) in [5.74, 6) is 0.492. The van der Waals surface area contributed by atoms with Crippen LogP contribution in [0.1, 0.15) is 39.5 Å². The second-order valence-electron chi connectivity index (χ2n) is 5.83. The molecule has 1 N–H and O–H groups in total. The lowest BCUT2D eigenvalue weighted by molar-refractivity contribution is 0.230. The molecule has 5 nitrogen and oxygen atoms in total. The van der Waals surface area contributed by atoms with Gasteiger partial charge in [-0.1, -0.05) is 20.3 Å². The zero-order valence-electron chi connectivity index (χ0n) is 12.1. The van der Waals surface area contributed by atoms with Crippen LogP contribution in [0.3, 0.4) is 0 Å². The largest absolute Gasteiger partial charge is 0.315 e. The van der Waals surface area contributed by atoms with Crippen molar-refractivity contribution in [2.24, 2.45) is 5.92 Å². The van der Waals surface area contributed by atoms with Gasteiger partial charge < -0.3 is 5.32 Å². The second-order valence-corrected chi connectivity index (χ2v) is 7.71. The standard InChI is InChI=1S/C13H27N3O2S/c1-3-14-10-13-6-4-5-8-16(13)19(17,18)15-9-7-12(2)11-15/h12-14H,3-11H2,1-2H3. The monoisotopic (exact) mass is 289 g/mol. The lowest BCUT2D eigenvalue weighted by Gasteiger charge is -2.37. The fourth-order valence-corrected chi connectivity index (χ4v) is 5.04. The first-order valence-corrected chi connectivity index (χ1v) is 8.93. The highest BCUT2D eigenvalue weighted by Gasteiger charge is 2.38. The normalized spacial score (nSPS) is 30.8. The van der Waals surface area contributed by atoms with E-state index in [-0.39, 0.29) is 6.04 Å². The lowest BCUT2D eigenvalue weighted by atomic mass is 10.1. The summed E-state index contributed by atoms with van der Waals surface area (Å²) < 4.78 is 28.9. The van der Waals surface area contributed by atoms with E-state index in [1.54, 1.807) is 8.61 Å². The molecule has 2 aliphatic rings. The van der Waals surface area contributed by atoms with Gasteiger partial charge in [0.15, 0.2) is 0 Å². The fourth-order valence-electron chi connectivity index (χ4n) is 3.05. The van der Waals surface area contributed by atoms with Gasteiger partial charge in [-0.25, -0.2) is 0 Å². The number of likely N-dealkylation sites (N-methyl/N-ethyl adjacent to an activating group) is 1. The van der Waals surface area contributed by atoms with Crippen molar-refractivity contribution in [3.05, 3.63) is 0 Å². The van der Waals surface area contributed by atoms with E-state index in [1.807, 2.05) is 0 Å². The molecule has 0 saturated carbocycles. The molecule has 2 unspecified atom stereocenters. The zero-order chi connectivity index (χ0) is 13.9. The molecular formula is C13H27N3O2S. The third-order valence-corrected chi connectivity index (χ3v) is 6.27. The molecule has 2 fully saturated rings. The maximum Gasteiger partial charge on any atom is 0.282 e. The average Bonchev–Trinajstić information content (AvgIpc) is 2.84. The van der Waals surface area contributed by atoms with Crippen molar-refractivity contribution in [1.82, 2.24) is 13.9 Å². The summed E-state index contributed by atoms with van der Waals surface area (Å²) in [5.41, 5.74) is 0. The van der Waals surface area contributed by atoms with Gasteiger partial charge in [-0.05, 0) is 31.7 Å². The molecule has 112 valence electrons. The maximum atomic E-state index is 12.7. The Balaban J connectivity index is 2.07. The molecule has 2 saturated heterocycles. The highest BCUT2D eigenvalue weighted by atomic mass is 32.2. The molecule has 19 heavy (non-hydrogen) atoms. The molecule has 0 aliphatic carbocycles. The Bertz CT molecular complexity index is 385. The predicted molar refractivity (Wildman–Crippen MR) is 77.2 cm³/mol. The van der Waals surface area contributed by atoms with E-state index in [1.165, 1.54) is 0 Å². The van der Waals surface area contributed by atoms with Gasteiger partial charge in [0, 0.05) is 32.2 Å². The van der Waals surface area contributed by atoms with E-state index in [4.69, 9.17) is 0 Å². The molecule has 0 aromatic heterocycles. The number of hydrogen-bond donors (Lipinski definition) is 1. The number of nitrogens with one attached hydrogen (secondary N) is 1. The molecule has 2 atom stereocenters. The third kappa shape index (κ3) is 3.48. The minimum atomic E-state index is -3.25. The Morgan fingerprint density at radius 3 is 2.63 bits per heavy atom. The van der Waals surface area contributed by atoms with E-state index < -0.39 is 10.2 Å². The molecule has 0 aromatic rings. The molecule has 6 heteroatoms. The molecule has 0 bridgehead atoms. The fraction of sp³-hybridized carbons (Fsp3) is 1.00. The number of rotatable bonds is 5. The summed E-state index contributed by atoms with van der Waals surface area (Å²) >= 11 is 0. The van der Waals surface area contributed by atoms with Gasteiger partial charge in [-0.15, -0.1) is 0 Å². The Labute approximate surface area is 117 Å². The van der Waals surface area contributed by atoms with Crippen LogP contribution >= 0.6 is 0 Å². The third-order valence-electron chi connectivity index (χ3n) is 4.21. The van der Waals surface area contributed by atoms with Crippen molar-refractivity contribution in [2.45, 2.75) is 45.6 Å². The van der Waals surface area contributed by atoms with Gasteiger partial charge >= 0.3 is 0 Å². The summed E-state index contributed by atoms with van der Waals surface area (Å²) in [6.07, 6.45) is 4.10. The van der Waals surface area contributed by atoms with Crippen LogP contribution in [0.2, 0.25) is 0 Å². The first kappa shape index (κ1) is 15.2. The van der Waals surface area contributed by atoms with Crippen molar-refractivity contribution in [3.8, 4) is 0 Å². The average molecular weight is 289 g/mol. The first-order chi connectivity index (χ1) is 9.05. The van der Waals surface area contributed by atoms with Gasteiger partial charge in [0.25, 0.3) is 10.2 Å². The quantitative estimate of drug-likeness (QED) is 0.823. The van der Waals surface area contributed by atoms with Gasteiger partial charge in [-0.3, -0.25) is 0 Å². The minimum Gasteiger partial charge on any atom is -0.315 e. The number of nitrogens with zero attached hydrogens (tertiary/aromatic N) is 2. The Morgan fingerprint density at radius 2 is 2.00 bits per heavy atom. The van der Waals surface area contributed by atoms with Crippen LogP contribution < -0.4 is 5.32 Å². The van der Waals surface area contributed by atoms with Crippen LogP contribution in [0.5, 0.6) is 0 Å². The van der Waals surface area contributed by atoms with Crippen LogP contribution in [0.4, 0.5) is 0 Å². The van der Waals surface area contributed by atoms with E-state index in [2.05, 4.69) is 19.2 Å². The van der Waals surface area contributed by atoms with Gasteiger partial charge in [0.1, 0.15) is 0 Å². The van der Waals surface area contributed by atoms with E-state index in [0.29, 0.717) is 25.6 Å². The first-order valence-electron chi connectivity index (χ1n) is 7.53. The number of piperidine rings is 1. The van der Waals surface area contributed by atoms with Crippen molar-refractivity contribution in [1.29, 1.82) is 0 Å². The summed E-state index contributed by atoms with van der Waals surface area (Å²) in [4.78, 5) is 0. The van der Waals surface area contributed by atoms with Crippen molar-refractivity contribution in [3.63, 3.8) is 0 Å². The summed E-state index contributed by atoms with van der Waals surface area (Å²) in [5, 5.41) is 3.29. The highest BCUT2D eigenvalue weighted by molar-refractivity contribution is 7.86. The Morgan fingerprint density at radius 1 is 1.21 bits per heavy atom. The summed E-state index contributed by atoms with van der Waals surface area (Å²) in [6, 6.07) is 0.134. The minimum absolute atomic E-state index is 0.134. The van der Waals surface area contributed by atoms with Gasteiger partial charge in [0.05, 0.1) is 0 Å². The molecular weight excluding hydrogens is 262 g/mol. The highest BCUT2D eigenvalue weighted by Crippen LogP contribution is 2.26. The summed E-state index contributed by atoms with van der Waals surface area (Å²) in [6.45, 7) is 7.92. The predicted octanol–water partition coefficient (Wildman–Crippen LogP) is 1.04. The summed E-state index contributed by atoms with van der Waals surface area (Å²) in [7, 11) is -3.25. The topological polar surface area (TPSA) is 52.7 Å². The van der Waals surface area contributed by atoms with Crippen LogP contribution in [0, 0.1) is 5.92 Å². The smallest absolute Gasteiger partial charge is 0.282 e. The van der Waals surface area contributed by atoms with Crippen LogP contribution in [0.15, 0.2) is 0 Å². The molecule has 2 heterocycles. The van der Waals surface area contributed by atoms with Crippen molar-refractivity contribution < 1.29 is 8.42 Å². The Kier molecular flexibility index (Phi) is 5.22. The van der Waals surface area contributed by atoms with Crippen molar-refractivity contribution in [2.75, 3.05) is 32.7 Å². The van der Waals surface area contributed by atoms with Crippen molar-refractivity contribution >= 4 is 10.2 Å². The van der Waals surface area contributed by atoms with Crippen LogP contribution in [-0.2, 0) is 10.2 Å². The Hall–Kier alpha value is -0.170. The maximum absolute atomic E-state index is 12.7. The molecule has 0 amide bonds. The van der Waals surface area contributed by atoms with Gasteiger partial charge in [0.2, 0.25) is 0 Å². The van der Waals surface area contributed by atoms with Crippen LogP contribution in [-0.4, -0.2) is 55.8 Å². The number of hydrogen-bond acceptors (Lipinski definition) is 3. The van der Waals surface area contributed by atoms with E-state index in [0.717, 1.165) is 38.8 Å². The molecule has 0 spiro atoms. The molecule has 2 aliphatic heterocycles. The van der Waals surface area contributed by atoms with E-state index >= 15 is 0 Å².